The van der Waals surface area contributed by atoms with Gasteiger partial charge in [-0.3, -0.25) is 24.1 Å². The van der Waals surface area contributed by atoms with Gasteiger partial charge < -0.3 is 10.2 Å². The summed E-state index contributed by atoms with van der Waals surface area (Å²) in [6, 6.07) is 7.06. The molecule has 0 spiro atoms. The number of allylic oxidation sites excluding steroid dienone is 1. The normalized spacial score (nSPS) is 14.3. The minimum Gasteiger partial charge on any atom is -0.375 e. The maximum atomic E-state index is 13.1. The number of rotatable bonds is 5. The number of aromatic nitrogens is 5. The smallest absolute Gasteiger partial charge is 0.329 e. The van der Waals surface area contributed by atoms with Gasteiger partial charge in [-0.1, -0.05) is 13.5 Å². The summed E-state index contributed by atoms with van der Waals surface area (Å²) < 4.78 is 1.68. The zero-order valence-corrected chi connectivity index (χ0v) is 20.2. The van der Waals surface area contributed by atoms with Crippen molar-refractivity contribution in [2.24, 2.45) is 0 Å². The molecule has 1 saturated heterocycles. The number of nitrogens with one attached hydrogen (secondary N) is 2. The number of pyridine rings is 3. The van der Waals surface area contributed by atoms with Crippen molar-refractivity contribution in [2.45, 2.75) is 39.2 Å². The van der Waals surface area contributed by atoms with Crippen LogP contribution in [0.2, 0.25) is 0 Å². The second-order valence-electron chi connectivity index (χ2n) is 8.97. The average Bonchev–Trinajstić information content (AvgIpc) is 2.88. The highest BCUT2D eigenvalue weighted by molar-refractivity contribution is 6.01. The van der Waals surface area contributed by atoms with Crippen molar-refractivity contribution in [2.75, 3.05) is 18.4 Å². The van der Waals surface area contributed by atoms with E-state index in [0.717, 1.165) is 43.6 Å². The number of H-pyrrole nitrogens is 1. The summed E-state index contributed by atoms with van der Waals surface area (Å²) in [4.78, 5) is 55.4. The summed E-state index contributed by atoms with van der Waals surface area (Å²) in [7, 11) is 0. The third-order valence-corrected chi connectivity index (χ3v) is 6.66. The van der Waals surface area contributed by atoms with E-state index in [1.165, 1.54) is 13.1 Å². The highest BCUT2D eigenvalue weighted by Crippen LogP contribution is 2.29. The van der Waals surface area contributed by atoms with Gasteiger partial charge in [0.25, 0.3) is 5.56 Å². The molecule has 0 atom stereocenters. The van der Waals surface area contributed by atoms with E-state index >= 15 is 0 Å². The molecule has 2 N–H and O–H groups in total. The maximum absolute atomic E-state index is 13.1. The van der Waals surface area contributed by atoms with E-state index in [4.69, 9.17) is 4.98 Å². The van der Waals surface area contributed by atoms with Gasteiger partial charge in [0.05, 0.1) is 22.1 Å². The number of aromatic amines is 1. The zero-order chi connectivity index (χ0) is 25.4. The van der Waals surface area contributed by atoms with E-state index < -0.39 is 11.2 Å². The summed E-state index contributed by atoms with van der Waals surface area (Å²) >= 11 is 0. The molecule has 4 aromatic rings. The van der Waals surface area contributed by atoms with Crippen LogP contribution >= 0.6 is 0 Å². The molecular formula is C26H27N7O3. The van der Waals surface area contributed by atoms with Crippen LogP contribution in [0.15, 0.2) is 58.5 Å². The Balaban J connectivity index is 1.63. The highest BCUT2D eigenvalue weighted by atomic mass is 16.2. The third kappa shape index (κ3) is 4.26. The molecule has 0 bridgehead atoms. The van der Waals surface area contributed by atoms with Crippen molar-refractivity contribution in [1.29, 1.82) is 0 Å². The molecule has 1 fully saturated rings. The summed E-state index contributed by atoms with van der Waals surface area (Å²) in [6.45, 7) is 9.22. The largest absolute Gasteiger partial charge is 0.375 e. The third-order valence-electron chi connectivity index (χ3n) is 6.66. The lowest BCUT2D eigenvalue weighted by molar-refractivity contribution is -0.114. The Bertz CT molecular complexity index is 1600. The van der Waals surface area contributed by atoms with E-state index in [2.05, 4.69) is 38.7 Å². The number of anilines is 1. The van der Waals surface area contributed by atoms with Crippen LogP contribution in [-0.2, 0) is 4.79 Å². The van der Waals surface area contributed by atoms with Crippen LogP contribution in [0.5, 0.6) is 0 Å². The van der Waals surface area contributed by atoms with Crippen molar-refractivity contribution in [3.05, 3.63) is 69.8 Å². The van der Waals surface area contributed by atoms with E-state index in [1.807, 2.05) is 12.1 Å². The quantitative estimate of drug-likeness (QED) is 0.416. The standard InChI is InChI=1S/C26H27N7O3/c1-4-15(2)32-11-9-18(10-12-32)33-24-19(25(35)31-26(33)36)14-27-21-7-6-20(30-23(21)24)17-5-8-22(28-13-17)29-16(3)34/h5-8,13-14,18H,2,4,9-12H2,1,3H3,(H,28,29,34)(H,31,35,36). The zero-order valence-electron chi connectivity index (χ0n) is 20.2. The molecule has 5 heterocycles. The van der Waals surface area contributed by atoms with Crippen LogP contribution in [-0.4, -0.2) is 48.4 Å². The molecule has 5 rings (SSSR count). The predicted molar refractivity (Wildman–Crippen MR) is 139 cm³/mol. The van der Waals surface area contributed by atoms with E-state index in [9.17, 15) is 14.4 Å². The molecule has 0 aliphatic carbocycles. The molecule has 36 heavy (non-hydrogen) atoms. The van der Waals surface area contributed by atoms with Gasteiger partial charge in [-0.2, -0.15) is 0 Å². The molecule has 10 heteroatoms. The minimum absolute atomic E-state index is 0.0904. The summed E-state index contributed by atoms with van der Waals surface area (Å²) in [6.07, 6.45) is 5.51. The molecule has 0 radical (unpaired) electrons. The Morgan fingerprint density at radius 3 is 2.58 bits per heavy atom. The topological polar surface area (TPSA) is 126 Å². The van der Waals surface area contributed by atoms with Crippen LogP contribution in [0.1, 0.15) is 39.2 Å². The van der Waals surface area contributed by atoms with Gasteiger partial charge >= 0.3 is 5.69 Å². The van der Waals surface area contributed by atoms with E-state index in [0.29, 0.717) is 33.4 Å². The van der Waals surface area contributed by atoms with E-state index in [-0.39, 0.29) is 11.9 Å². The van der Waals surface area contributed by atoms with Gasteiger partial charge in [0.2, 0.25) is 5.91 Å². The fourth-order valence-corrected chi connectivity index (χ4v) is 4.76. The number of likely N-dealkylation sites (tertiary alicyclic amines) is 1. The average molecular weight is 486 g/mol. The summed E-state index contributed by atoms with van der Waals surface area (Å²) in [5.74, 6) is 0.237. The van der Waals surface area contributed by atoms with Gasteiger partial charge in [0.15, 0.2) is 0 Å². The number of fused-ring (bicyclic) bond motifs is 3. The van der Waals surface area contributed by atoms with Crippen molar-refractivity contribution >= 4 is 33.7 Å². The molecule has 0 unspecified atom stereocenters. The van der Waals surface area contributed by atoms with Crippen molar-refractivity contribution in [1.82, 2.24) is 29.4 Å². The Morgan fingerprint density at radius 2 is 1.92 bits per heavy atom. The van der Waals surface area contributed by atoms with Crippen LogP contribution < -0.4 is 16.6 Å². The molecule has 1 aliphatic heterocycles. The number of carbonyl (C=O) groups excluding carboxylic acids is 1. The second-order valence-corrected chi connectivity index (χ2v) is 8.97. The Kier molecular flexibility index (Phi) is 6.09. The first-order chi connectivity index (χ1) is 17.4. The predicted octanol–water partition coefficient (Wildman–Crippen LogP) is 3.21. The monoisotopic (exact) mass is 485 g/mol. The number of amides is 1. The maximum Gasteiger partial charge on any atom is 0.329 e. The second kappa shape index (κ2) is 9.37. The molecule has 1 amide bonds. The first-order valence-electron chi connectivity index (χ1n) is 12.0. The first kappa shape index (κ1) is 23.4. The van der Waals surface area contributed by atoms with Gasteiger partial charge in [0.1, 0.15) is 11.3 Å². The summed E-state index contributed by atoms with van der Waals surface area (Å²) in [5.41, 5.74) is 3.08. The fourth-order valence-electron chi connectivity index (χ4n) is 4.76. The van der Waals surface area contributed by atoms with Gasteiger partial charge in [-0.05, 0) is 43.5 Å². The van der Waals surface area contributed by atoms with Gasteiger partial charge in [0, 0.05) is 49.7 Å². The number of hydrogen-bond acceptors (Lipinski definition) is 7. The first-order valence-corrected chi connectivity index (χ1v) is 12.0. The lowest BCUT2D eigenvalue weighted by Crippen LogP contribution is -2.39. The van der Waals surface area contributed by atoms with Crippen molar-refractivity contribution in [3.8, 4) is 11.3 Å². The molecule has 10 nitrogen and oxygen atoms in total. The number of carbonyl (C=O) groups is 1. The minimum atomic E-state index is -0.481. The number of nitrogens with zero attached hydrogens (tertiary/aromatic N) is 5. The highest BCUT2D eigenvalue weighted by Gasteiger charge is 2.25. The lowest BCUT2D eigenvalue weighted by Gasteiger charge is -2.35. The molecule has 184 valence electrons. The molecule has 0 saturated carbocycles. The number of piperidine rings is 1. The van der Waals surface area contributed by atoms with Crippen LogP contribution in [0.3, 0.4) is 0 Å². The SMILES string of the molecule is C=C(CC)N1CCC(n2c(=O)[nH]c(=O)c3cnc4ccc(-c5ccc(NC(C)=O)nc5)nc4c32)CC1. The summed E-state index contributed by atoms with van der Waals surface area (Å²) in [5, 5.41) is 2.97. The van der Waals surface area contributed by atoms with Crippen molar-refractivity contribution in [3.63, 3.8) is 0 Å². The Morgan fingerprint density at radius 1 is 1.14 bits per heavy atom. The molecular weight excluding hydrogens is 458 g/mol. The van der Waals surface area contributed by atoms with Gasteiger partial charge in [-0.25, -0.2) is 14.8 Å². The molecule has 1 aliphatic rings. The Labute approximate surface area is 206 Å². The fraction of sp³-hybridized carbons (Fsp3) is 0.308. The van der Waals surface area contributed by atoms with Gasteiger partial charge in [-0.15, -0.1) is 0 Å². The Hall–Kier alpha value is -4.34. The number of hydrogen-bond donors (Lipinski definition) is 2. The van der Waals surface area contributed by atoms with Crippen LogP contribution in [0, 0.1) is 0 Å². The van der Waals surface area contributed by atoms with Crippen LogP contribution in [0.4, 0.5) is 5.82 Å². The lowest BCUT2D eigenvalue weighted by atomic mass is 10.0. The molecule has 0 aromatic carbocycles. The molecule has 4 aromatic heterocycles. The van der Waals surface area contributed by atoms with Crippen molar-refractivity contribution < 1.29 is 4.79 Å². The van der Waals surface area contributed by atoms with Crippen LogP contribution in [0.25, 0.3) is 33.2 Å². The van der Waals surface area contributed by atoms with E-state index in [1.54, 1.807) is 22.9 Å².